The van der Waals surface area contributed by atoms with Crippen molar-refractivity contribution in [3.05, 3.63) is 81.1 Å². The summed E-state index contributed by atoms with van der Waals surface area (Å²) in [4.78, 5) is 30.7. The van der Waals surface area contributed by atoms with Gasteiger partial charge in [0.2, 0.25) is 0 Å². The molecule has 1 aromatic carbocycles. The van der Waals surface area contributed by atoms with Crippen LogP contribution < -0.4 is 5.56 Å². The summed E-state index contributed by atoms with van der Waals surface area (Å²) in [6.07, 6.45) is 2.76. The van der Waals surface area contributed by atoms with Crippen molar-refractivity contribution in [1.82, 2.24) is 14.4 Å². The molecule has 29 heavy (non-hydrogen) atoms. The van der Waals surface area contributed by atoms with Crippen molar-refractivity contribution in [3.63, 3.8) is 0 Å². The SMILES string of the molecule is Cn1cc(C(=O)N2CC(N3CCc4ccccc4C3)C2)c(-c2cccs2)cc1=O. The Labute approximate surface area is 173 Å². The van der Waals surface area contributed by atoms with Gasteiger partial charge in [0.1, 0.15) is 0 Å². The fourth-order valence-corrected chi connectivity index (χ4v) is 5.04. The molecule has 148 valence electrons. The van der Waals surface area contributed by atoms with Crippen LogP contribution in [0.15, 0.2) is 58.8 Å². The van der Waals surface area contributed by atoms with Gasteiger partial charge in [0.25, 0.3) is 11.5 Å². The quantitative estimate of drug-likeness (QED) is 0.673. The van der Waals surface area contributed by atoms with Gasteiger partial charge in [0, 0.05) is 62.0 Å². The van der Waals surface area contributed by atoms with E-state index in [1.807, 2.05) is 22.4 Å². The lowest BCUT2D eigenvalue weighted by Crippen LogP contribution is -2.61. The molecule has 5 rings (SSSR count). The molecule has 5 nitrogen and oxygen atoms in total. The van der Waals surface area contributed by atoms with Crippen molar-refractivity contribution in [1.29, 1.82) is 0 Å². The first-order chi connectivity index (χ1) is 14.1. The van der Waals surface area contributed by atoms with E-state index in [1.165, 1.54) is 15.7 Å². The topological polar surface area (TPSA) is 45.6 Å². The van der Waals surface area contributed by atoms with Crippen molar-refractivity contribution in [3.8, 4) is 10.4 Å². The molecule has 0 N–H and O–H groups in total. The summed E-state index contributed by atoms with van der Waals surface area (Å²) in [6.45, 7) is 3.49. The molecule has 0 radical (unpaired) electrons. The van der Waals surface area contributed by atoms with Gasteiger partial charge >= 0.3 is 0 Å². The van der Waals surface area contributed by atoms with Crippen molar-refractivity contribution in [2.45, 2.75) is 19.0 Å². The zero-order valence-corrected chi connectivity index (χ0v) is 17.2. The van der Waals surface area contributed by atoms with Crippen LogP contribution in [0.1, 0.15) is 21.5 Å². The minimum atomic E-state index is -0.0987. The van der Waals surface area contributed by atoms with Gasteiger partial charge in [0.05, 0.1) is 5.56 Å². The first-order valence-electron chi connectivity index (χ1n) is 9.95. The minimum Gasteiger partial charge on any atom is -0.335 e. The molecule has 2 aromatic heterocycles. The molecular weight excluding hydrogens is 382 g/mol. The number of hydrogen-bond acceptors (Lipinski definition) is 4. The number of thiophene rings is 1. The normalized spacial score (nSPS) is 17.1. The van der Waals surface area contributed by atoms with Gasteiger partial charge in [-0.3, -0.25) is 14.5 Å². The number of aromatic nitrogens is 1. The fraction of sp³-hybridized carbons (Fsp3) is 0.304. The average molecular weight is 406 g/mol. The molecule has 1 fully saturated rings. The van der Waals surface area contributed by atoms with E-state index >= 15 is 0 Å². The minimum absolute atomic E-state index is 0.0117. The van der Waals surface area contributed by atoms with E-state index in [2.05, 4.69) is 29.2 Å². The highest BCUT2D eigenvalue weighted by Crippen LogP contribution is 2.30. The molecule has 0 saturated carbocycles. The smallest absolute Gasteiger partial charge is 0.256 e. The van der Waals surface area contributed by atoms with E-state index in [-0.39, 0.29) is 11.5 Å². The Morgan fingerprint density at radius 1 is 1.10 bits per heavy atom. The van der Waals surface area contributed by atoms with Crippen LogP contribution in [-0.4, -0.2) is 46.0 Å². The molecule has 0 spiro atoms. The predicted octanol–water partition coefficient (Wildman–Crippen LogP) is 3.00. The third-order valence-electron chi connectivity index (χ3n) is 6.07. The summed E-state index contributed by atoms with van der Waals surface area (Å²) in [5, 5.41) is 1.97. The third kappa shape index (κ3) is 3.32. The number of pyridine rings is 1. The summed E-state index contributed by atoms with van der Waals surface area (Å²) in [6, 6.07) is 14.5. The molecule has 3 aromatic rings. The number of fused-ring (bicyclic) bond motifs is 1. The first-order valence-corrected chi connectivity index (χ1v) is 10.8. The highest BCUT2D eigenvalue weighted by Gasteiger charge is 2.37. The molecule has 4 heterocycles. The second-order valence-electron chi connectivity index (χ2n) is 7.88. The average Bonchev–Trinajstić information content (AvgIpc) is 3.23. The zero-order valence-electron chi connectivity index (χ0n) is 16.4. The lowest BCUT2D eigenvalue weighted by atomic mass is 9.96. The number of rotatable bonds is 3. The second kappa shape index (κ2) is 7.28. The Kier molecular flexibility index (Phi) is 4.60. The molecular formula is C23H23N3O2S. The van der Waals surface area contributed by atoms with Gasteiger partial charge in [-0.15, -0.1) is 11.3 Å². The van der Waals surface area contributed by atoms with Crippen LogP contribution in [0.2, 0.25) is 0 Å². The highest BCUT2D eigenvalue weighted by molar-refractivity contribution is 7.13. The number of nitrogens with zero attached hydrogens (tertiary/aromatic N) is 3. The van der Waals surface area contributed by atoms with Crippen LogP contribution >= 0.6 is 11.3 Å². The van der Waals surface area contributed by atoms with E-state index < -0.39 is 0 Å². The van der Waals surface area contributed by atoms with E-state index in [0.29, 0.717) is 11.6 Å². The van der Waals surface area contributed by atoms with Crippen LogP contribution in [0.3, 0.4) is 0 Å². The number of benzene rings is 1. The van der Waals surface area contributed by atoms with Crippen LogP contribution in [0.4, 0.5) is 0 Å². The molecule has 6 heteroatoms. The van der Waals surface area contributed by atoms with Gasteiger partial charge in [-0.05, 0) is 29.0 Å². The van der Waals surface area contributed by atoms with E-state index in [9.17, 15) is 9.59 Å². The Hall–Kier alpha value is -2.70. The molecule has 2 aliphatic heterocycles. The number of aryl methyl sites for hydroxylation is 1. The zero-order chi connectivity index (χ0) is 20.0. The Balaban J connectivity index is 1.33. The van der Waals surface area contributed by atoms with Gasteiger partial charge in [-0.1, -0.05) is 30.3 Å². The van der Waals surface area contributed by atoms with Crippen LogP contribution in [0, 0.1) is 0 Å². The fourth-order valence-electron chi connectivity index (χ4n) is 4.29. The lowest BCUT2D eigenvalue weighted by molar-refractivity contribution is 0.0218. The summed E-state index contributed by atoms with van der Waals surface area (Å²) >= 11 is 1.55. The maximum absolute atomic E-state index is 13.2. The number of likely N-dealkylation sites (tertiary alicyclic amines) is 1. The number of hydrogen-bond donors (Lipinski definition) is 0. The van der Waals surface area contributed by atoms with Gasteiger partial charge in [-0.2, -0.15) is 0 Å². The second-order valence-corrected chi connectivity index (χ2v) is 8.83. The number of carbonyl (C=O) groups is 1. The highest BCUT2D eigenvalue weighted by atomic mass is 32.1. The van der Waals surface area contributed by atoms with E-state index in [4.69, 9.17) is 0 Å². The van der Waals surface area contributed by atoms with Gasteiger partial charge < -0.3 is 9.47 Å². The molecule has 1 amide bonds. The van der Waals surface area contributed by atoms with E-state index in [1.54, 1.807) is 30.6 Å². The number of carbonyl (C=O) groups excluding carboxylic acids is 1. The Bertz CT molecular complexity index is 1110. The number of amides is 1. The molecule has 0 atom stereocenters. The van der Waals surface area contributed by atoms with Crippen LogP contribution in [0.25, 0.3) is 10.4 Å². The standard InChI is InChI=1S/C23H23N3O2S/c1-24-15-20(19(11-22(24)27)21-7-4-10-29-21)23(28)26-13-18(14-26)25-9-8-16-5-2-3-6-17(16)12-25/h2-7,10-11,15,18H,8-9,12-14H2,1H3. The summed E-state index contributed by atoms with van der Waals surface area (Å²) < 4.78 is 1.49. The maximum atomic E-state index is 13.2. The molecule has 0 unspecified atom stereocenters. The van der Waals surface area contributed by atoms with Crippen molar-refractivity contribution in [2.24, 2.45) is 7.05 Å². The predicted molar refractivity (Wildman–Crippen MR) is 115 cm³/mol. The molecule has 2 aliphatic rings. The molecule has 0 aliphatic carbocycles. The Morgan fingerprint density at radius 3 is 2.66 bits per heavy atom. The van der Waals surface area contributed by atoms with Crippen molar-refractivity contribution in [2.75, 3.05) is 19.6 Å². The van der Waals surface area contributed by atoms with Gasteiger partial charge in [0.15, 0.2) is 0 Å². The van der Waals surface area contributed by atoms with Gasteiger partial charge in [-0.25, -0.2) is 0 Å². The molecule has 1 saturated heterocycles. The van der Waals surface area contributed by atoms with Crippen LogP contribution in [0.5, 0.6) is 0 Å². The largest absolute Gasteiger partial charge is 0.335 e. The van der Waals surface area contributed by atoms with E-state index in [0.717, 1.165) is 43.0 Å². The van der Waals surface area contributed by atoms with Crippen LogP contribution in [-0.2, 0) is 20.0 Å². The summed E-state index contributed by atoms with van der Waals surface area (Å²) in [5.74, 6) is 0.0117. The van der Waals surface area contributed by atoms with Crippen molar-refractivity contribution < 1.29 is 4.79 Å². The first kappa shape index (κ1) is 18.3. The summed E-state index contributed by atoms with van der Waals surface area (Å²) in [7, 11) is 1.70. The molecule has 0 bridgehead atoms. The lowest BCUT2D eigenvalue weighted by Gasteiger charge is -2.47. The monoisotopic (exact) mass is 405 g/mol. The Morgan fingerprint density at radius 2 is 1.90 bits per heavy atom. The third-order valence-corrected chi connectivity index (χ3v) is 6.97. The summed E-state index contributed by atoms with van der Waals surface area (Å²) in [5.41, 5.74) is 4.10. The maximum Gasteiger partial charge on any atom is 0.256 e. The van der Waals surface area contributed by atoms with Crippen molar-refractivity contribution >= 4 is 17.2 Å².